The van der Waals surface area contributed by atoms with Crippen molar-refractivity contribution in [3.63, 3.8) is 0 Å². The van der Waals surface area contributed by atoms with Gasteiger partial charge in [0, 0.05) is 23.0 Å². The number of aliphatic carboxylic acids is 1. The molecule has 0 radical (unpaired) electrons. The number of halogens is 1. The van der Waals surface area contributed by atoms with E-state index in [2.05, 4.69) is 41.2 Å². The van der Waals surface area contributed by atoms with Crippen LogP contribution in [-0.2, 0) is 10.2 Å². The number of carboxylic acids is 1. The van der Waals surface area contributed by atoms with E-state index in [0.717, 1.165) is 4.47 Å². The standard InChI is InChI=1S/C13H19BrN2O2/c1-13(2,8-16-7-11(15)12(17)18)9-5-3-4-6-10(9)14/h3-6,11,16H,7-8,15H2,1-2H3,(H,17,18). The third-order valence-corrected chi connectivity index (χ3v) is 3.54. The van der Waals surface area contributed by atoms with E-state index >= 15 is 0 Å². The first-order valence-electron chi connectivity index (χ1n) is 5.78. The molecular formula is C13H19BrN2O2. The van der Waals surface area contributed by atoms with Crippen molar-refractivity contribution in [2.75, 3.05) is 13.1 Å². The monoisotopic (exact) mass is 314 g/mol. The SMILES string of the molecule is CC(C)(CNCC(N)C(=O)O)c1ccccc1Br. The summed E-state index contributed by atoms with van der Waals surface area (Å²) in [4.78, 5) is 10.6. The van der Waals surface area contributed by atoms with E-state index in [4.69, 9.17) is 10.8 Å². The number of nitrogens with two attached hydrogens (primary N) is 1. The van der Waals surface area contributed by atoms with Gasteiger partial charge in [-0.3, -0.25) is 4.79 Å². The van der Waals surface area contributed by atoms with Crippen molar-refractivity contribution in [3.8, 4) is 0 Å². The van der Waals surface area contributed by atoms with Gasteiger partial charge in [-0.2, -0.15) is 0 Å². The number of rotatable bonds is 6. The van der Waals surface area contributed by atoms with E-state index in [1.807, 2.05) is 18.2 Å². The molecule has 0 aliphatic rings. The van der Waals surface area contributed by atoms with Gasteiger partial charge < -0.3 is 16.2 Å². The zero-order chi connectivity index (χ0) is 13.8. The fourth-order valence-electron chi connectivity index (χ4n) is 1.73. The van der Waals surface area contributed by atoms with Crippen LogP contribution in [0.25, 0.3) is 0 Å². The third kappa shape index (κ3) is 4.08. The Hall–Kier alpha value is -0.910. The lowest BCUT2D eigenvalue weighted by atomic mass is 9.84. The van der Waals surface area contributed by atoms with Gasteiger partial charge in [-0.1, -0.05) is 48.0 Å². The molecule has 0 saturated carbocycles. The Kier molecular flexibility index (Phi) is 5.31. The van der Waals surface area contributed by atoms with Crippen LogP contribution in [0.1, 0.15) is 19.4 Å². The Morgan fingerprint density at radius 1 is 1.50 bits per heavy atom. The van der Waals surface area contributed by atoms with E-state index in [-0.39, 0.29) is 12.0 Å². The lowest BCUT2D eigenvalue weighted by Crippen LogP contribution is -2.44. The fraction of sp³-hybridized carbons (Fsp3) is 0.462. The lowest BCUT2D eigenvalue weighted by molar-refractivity contribution is -0.138. The van der Waals surface area contributed by atoms with Crippen LogP contribution in [0.15, 0.2) is 28.7 Å². The molecular weight excluding hydrogens is 296 g/mol. The van der Waals surface area contributed by atoms with Gasteiger partial charge in [0.15, 0.2) is 0 Å². The summed E-state index contributed by atoms with van der Waals surface area (Å²) in [6, 6.07) is 7.16. The predicted molar refractivity (Wildman–Crippen MR) is 75.6 cm³/mol. The number of hydrogen-bond donors (Lipinski definition) is 3. The summed E-state index contributed by atoms with van der Waals surface area (Å²) >= 11 is 3.53. The van der Waals surface area contributed by atoms with Crippen molar-refractivity contribution < 1.29 is 9.90 Å². The second-order valence-electron chi connectivity index (χ2n) is 4.94. The average Bonchev–Trinajstić information content (AvgIpc) is 2.28. The van der Waals surface area contributed by atoms with Crippen molar-refractivity contribution in [1.82, 2.24) is 5.32 Å². The maximum atomic E-state index is 10.6. The Balaban J connectivity index is 2.60. The highest BCUT2D eigenvalue weighted by molar-refractivity contribution is 9.10. The quantitative estimate of drug-likeness (QED) is 0.747. The molecule has 4 nitrogen and oxygen atoms in total. The van der Waals surface area contributed by atoms with Gasteiger partial charge in [-0.25, -0.2) is 0 Å². The highest BCUT2D eigenvalue weighted by Gasteiger charge is 2.23. The zero-order valence-electron chi connectivity index (χ0n) is 10.6. The van der Waals surface area contributed by atoms with E-state index in [1.165, 1.54) is 5.56 Å². The zero-order valence-corrected chi connectivity index (χ0v) is 12.2. The summed E-state index contributed by atoms with van der Waals surface area (Å²) in [5.41, 5.74) is 6.53. The molecule has 100 valence electrons. The molecule has 18 heavy (non-hydrogen) atoms. The van der Waals surface area contributed by atoms with E-state index in [9.17, 15) is 4.79 Å². The molecule has 0 aliphatic carbocycles. The molecule has 5 heteroatoms. The van der Waals surface area contributed by atoms with Crippen molar-refractivity contribution >= 4 is 21.9 Å². The van der Waals surface area contributed by atoms with Crippen LogP contribution in [0.2, 0.25) is 0 Å². The second kappa shape index (κ2) is 6.31. The van der Waals surface area contributed by atoms with Gasteiger partial charge in [0.05, 0.1) is 0 Å². The van der Waals surface area contributed by atoms with Crippen LogP contribution in [0.3, 0.4) is 0 Å². The van der Waals surface area contributed by atoms with Gasteiger partial charge in [-0.15, -0.1) is 0 Å². The van der Waals surface area contributed by atoms with Crippen molar-refractivity contribution in [3.05, 3.63) is 34.3 Å². The van der Waals surface area contributed by atoms with Crippen LogP contribution < -0.4 is 11.1 Å². The molecule has 0 fully saturated rings. The molecule has 1 unspecified atom stereocenters. The van der Waals surface area contributed by atoms with Gasteiger partial charge >= 0.3 is 5.97 Å². The Bertz CT molecular complexity index is 421. The Labute approximate surface area is 116 Å². The second-order valence-corrected chi connectivity index (χ2v) is 5.79. The molecule has 0 aromatic heterocycles. The highest BCUT2D eigenvalue weighted by atomic mass is 79.9. The number of hydrogen-bond acceptors (Lipinski definition) is 3. The summed E-state index contributed by atoms with van der Waals surface area (Å²) < 4.78 is 1.05. The summed E-state index contributed by atoms with van der Waals surface area (Å²) in [5.74, 6) is -0.985. The summed E-state index contributed by atoms with van der Waals surface area (Å²) in [7, 11) is 0. The minimum Gasteiger partial charge on any atom is -0.480 e. The van der Waals surface area contributed by atoms with Gasteiger partial charge in [-0.05, 0) is 11.6 Å². The van der Waals surface area contributed by atoms with E-state index in [1.54, 1.807) is 0 Å². The first-order chi connectivity index (χ1) is 8.34. The van der Waals surface area contributed by atoms with Crippen LogP contribution in [0, 0.1) is 0 Å². The number of carboxylic acid groups (broad SMARTS) is 1. The minimum atomic E-state index is -0.985. The van der Waals surface area contributed by atoms with Crippen LogP contribution in [-0.4, -0.2) is 30.2 Å². The molecule has 0 spiro atoms. The molecule has 1 aromatic carbocycles. The average molecular weight is 315 g/mol. The van der Waals surface area contributed by atoms with Gasteiger partial charge in [0.1, 0.15) is 6.04 Å². The summed E-state index contributed by atoms with van der Waals surface area (Å²) in [6.07, 6.45) is 0. The molecule has 0 bridgehead atoms. The molecule has 1 aromatic rings. The molecule has 0 heterocycles. The summed E-state index contributed by atoms with van der Waals surface area (Å²) in [6.45, 7) is 5.14. The van der Waals surface area contributed by atoms with Crippen molar-refractivity contribution in [2.24, 2.45) is 5.73 Å². The van der Waals surface area contributed by atoms with Crippen molar-refractivity contribution in [2.45, 2.75) is 25.3 Å². The van der Waals surface area contributed by atoms with E-state index < -0.39 is 12.0 Å². The predicted octanol–water partition coefficient (Wildman–Crippen LogP) is 1.73. The van der Waals surface area contributed by atoms with Gasteiger partial charge in [0.2, 0.25) is 0 Å². The lowest BCUT2D eigenvalue weighted by Gasteiger charge is -2.27. The van der Waals surface area contributed by atoms with Gasteiger partial charge in [0.25, 0.3) is 0 Å². The number of carbonyl (C=O) groups is 1. The number of benzene rings is 1. The molecule has 1 atom stereocenters. The highest BCUT2D eigenvalue weighted by Crippen LogP contribution is 2.29. The number of nitrogens with one attached hydrogen (secondary N) is 1. The first-order valence-corrected chi connectivity index (χ1v) is 6.58. The first kappa shape index (κ1) is 15.1. The minimum absolute atomic E-state index is 0.0989. The van der Waals surface area contributed by atoms with Crippen LogP contribution >= 0.6 is 15.9 Å². The fourth-order valence-corrected chi connectivity index (χ4v) is 2.55. The molecule has 0 saturated heterocycles. The van der Waals surface area contributed by atoms with Crippen LogP contribution in [0.4, 0.5) is 0 Å². The topological polar surface area (TPSA) is 75.3 Å². The normalized spacial score (nSPS) is 13.3. The van der Waals surface area contributed by atoms with E-state index in [0.29, 0.717) is 6.54 Å². The Morgan fingerprint density at radius 3 is 2.67 bits per heavy atom. The molecule has 0 aliphatic heterocycles. The third-order valence-electron chi connectivity index (χ3n) is 2.85. The maximum Gasteiger partial charge on any atom is 0.321 e. The van der Waals surface area contributed by atoms with Crippen LogP contribution in [0.5, 0.6) is 0 Å². The molecule has 0 amide bonds. The summed E-state index contributed by atoms with van der Waals surface area (Å²) in [5, 5.41) is 11.8. The molecule has 4 N–H and O–H groups in total. The molecule has 1 rings (SSSR count). The largest absolute Gasteiger partial charge is 0.480 e. The smallest absolute Gasteiger partial charge is 0.321 e. The maximum absolute atomic E-state index is 10.6. The van der Waals surface area contributed by atoms with Crippen molar-refractivity contribution in [1.29, 1.82) is 0 Å². The Morgan fingerprint density at radius 2 is 2.11 bits per heavy atom.